The third-order valence-electron chi connectivity index (χ3n) is 4.79. The number of benzene rings is 1. The Kier molecular flexibility index (Phi) is 6.33. The van der Waals surface area contributed by atoms with Gasteiger partial charge in [0.15, 0.2) is 23.1 Å². The first kappa shape index (κ1) is 22.4. The Hall–Kier alpha value is -3.84. The van der Waals surface area contributed by atoms with Gasteiger partial charge in [-0.15, -0.1) is 10.2 Å². The molecule has 33 heavy (non-hydrogen) atoms. The van der Waals surface area contributed by atoms with E-state index in [2.05, 4.69) is 20.7 Å². The second-order valence-electron chi connectivity index (χ2n) is 6.96. The fraction of sp³-hybridized carbons (Fsp3) is 0.300. The van der Waals surface area contributed by atoms with E-state index in [0.717, 1.165) is 9.36 Å². The molecule has 3 heterocycles. The van der Waals surface area contributed by atoms with Crippen molar-refractivity contribution >= 4 is 28.7 Å². The van der Waals surface area contributed by atoms with E-state index in [4.69, 9.17) is 14.2 Å². The highest BCUT2D eigenvalue weighted by Gasteiger charge is 2.31. The topological polar surface area (TPSA) is 160 Å². The molecule has 0 spiro atoms. The van der Waals surface area contributed by atoms with E-state index >= 15 is 0 Å². The standard InChI is InChI=1S/C20H20N6O7/c1-11(28)32-9-14-7-8-15(33-14)26-20(30)17-16(22-24-26)18(23-25(17)10-27)21-19(29)12-3-5-13(31-2)6-4-12/h3-8,14-15,27H,9-10H2,1-2H3,(H,21,23,29). The molecule has 1 aromatic carbocycles. The molecule has 1 saturated heterocycles. The zero-order valence-corrected chi connectivity index (χ0v) is 17.7. The number of nitrogens with one attached hydrogen (secondary N) is 1. The number of hydrogen-bond acceptors (Lipinski definition) is 10. The second-order valence-corrected chi connectivity index (χ2v) is 6.96. The van der Waals surface area contributed by atoms with Gasteiger partial charge in [0.25, 0.3) is 11.5 Å². The van der Waals surface area contributed by atoms with Crippen LogP contribution in [0.15, 0.2) is 29.1 Å². The predicted molar refractivity (Wildman–Crippen MR) is 112 cm³/mol. The van der Waals surface area contributed by atoms with E-state index in [0.29, 0.717) is 11.3 Å². The summed E-state index contributed by atoms with van der Waals surface area (Å²) in [7, 11) is 1.51. The van der Waals surface area contributed by atoms with Crippen molar-refractivity contribution in [3.05, 3.63) is 53.0 Å². The van der Waals surface area contributed by atoms with Gasteiger partial charge in [0.05, 0.1) is 13.2 Å². The lowest BCUT2D eigenvalue weighted by Crippen LogP contribution is -2.30. The Morgan fingerprint density at radius 3 is 2.67 bits per heavy atom. The van der Waals surface area contributed by atoms with Crippen LogP contribution in [0, 0.1) is 12.8 Å². The summed E-state index contributed by atoms with van der Waals surface area (Å²) >= 11 is 0. The predicted octanol–water partition coefficient (Wildman–Crippen LogP) is 0.0678. The molecule has 172 valence electrons. The average Bonchev–Trinajstić information content (AvgIpc) is 3.43. The Balaban J connectivity index is 1.59. The summed E-state index contributed by atoms with van der Waals surface area (Å²) in [5, 5.41) is 24.2. The lowest BCUT2D eigenvalue weighted by atomic mass is 10.2. The molecule has 0 bridgehead atoms. The minimum atomic E-state index is -0.894. The number of rotatable bonds is 7. The molecule has 1 aliphatic rings. The van der Waals surface area contributed by atoms with Crippen molar-refractivity contribution in [3.63, 3.8) is 0 Å². The maximum atomic E-state index is 13.1. The molecular weight excluding hydrogens is 436 g/mol. The summed E-state index contributed by atoms with van der Waals surface area (Å²) in [6, 6.07) is 6.38. The van der Waals surface area contributed by atoms with Crippen LogP contribution in [0.1, 0.15) is 23.5 Å². The maximum absolute atomic E-state index is 13.1. The Morgan fingerprint density at radius 2 is 2.00 bits per heavy atom. The van der Waals surface area contributed by atoms with E-state index < -0.39 is 36.5 Å². The second kappa shape index (κ2) is 9.34. The van der Waals surface area contributed by atoms with E-state index in [1.165, 1.54) is 14.0 Å². The number of esters is 1. The number of aliphatic hydroxyl groups is 1. The summed E-state index contributed by atoms with van der Waals surface area (Å²) in [6.45, 7) is 0.635. The zero-order valence-electron chi connectivity index (χ0n) is 17.7. The number of carbonyl (C=O) groups excluding carboxylic acids is 2. The van der Waals surface area contributed by atoms with Crippen LogP contribution in [-0.2, 0) is 21.0 Å². The quantitative estimate of drug-likeness (QED) is 0.466. The van der Waals surface area contributed by atoms with Crippen LogP contribution < -0.4 is 15.6 Å². The first-order chi connectivity index (χ1) is 15.9. The van der Waals surface area contributed by atoms with Crippen molar-refractivity contribution in [2.45, 2.75) is 26.0 Å². The molecule has 0 aliphatic carbocycles. The number of carbonyl (C=O) groups is 2. The van der Waals surface area contributed by atoms with Gasteiger partial charge in [-0.2, -0.15) is 4.68 Å². The van der Waals surface area contributed by atoms with Gasteiger partial charge in [-0.05, 0) is 24.3 Å². The minimum Gasteiger partial charge on any atom is -0.497 e. The number of anilines is 1. The van der Waals surface area contributed by atoms with Crippen molar-refractivity contribution in [2.24, 2.45) is 0 Å². The zero-order chi connectivity index (χ0) is 23.5. The normalized spacial score (nSPS) is 17.8. The van der Waals surface area contributed by atoms with Crippen molar-refractivity contribution in [1.29, 1.82) is 0 Å². The highest BCUT2D eigenvalue weighted by molar-refractivity contribution is 6.07. The third-order valence-corrected chi connectivity index (χ3v) is 4.79. The molecule has 1 fully saturated rings. The molecule has 2 atom stereocenters. The molecule has 13 nitrogen and oxygen atoms in total. The van der Waals surface area contributed by atoms with Crippen LogP contribution in [0.3, 0.4) is 0 Å². The van der Waals surface area contributed by atoms with Crippen LogP contribution in [0.2, 0.25) is 0 Å². The van der Waals surface area contributed by atoms with Gasteiger partial charge < -0.3 is 24.6 Å². The van der Waals surface area contributed by atoms with E-state index in [-0.39, 0.29) is 23.5 Å². The molecule has 3 aromatic rings. The van der Waals surface area contributed by atoms with Crippen LogP contribution in [0.4, 0.5) is 5.82 Å². The van der Waals surface area contributed by atoms with E-state index in [9.17, 15) is 19.5 Å². The SMILES string of the molecule is COc1ccc(C(=O)Nc2nn(CO)c3c(=O)n(C4[CH][CH]C(COC(C)=O)O4)nnc23)cc1. The highest BCUT2D eigenvalue weighted by atomic mass is 16.6. The number of aromatic nitrogens is 5. The monoisotopic (exact) mass is 456 g/mol. The summed E-state index contributed by atoms with van der Waals surface area (Å²) in [5.41, 5.74) is -0.384. The molecule has 1 aliphatic heterocycles. The molecule has 2 N–H and O–H groups in total. The van der Waals surface area contributed by atoms with Gasteiger partial charge in [0.2, 0.25) is 0 Å². The number of nitrogens with zero attached hydrogens (tertiary/aromatic N) is 5. The van der Waals surface area contributed by atoms with Gasteiger partial charge in [-0.1, -0.05) is 5.21 Å². The lowest BCUT2D eigenvalue weighted by molar-refractivity contribution is -0.145. The summed E-state index contributed by atoms with van der Waals surface area (Å²) < 4.78 is 17.6. The largest absolute Gasteiger partial charge is 0.497 e. The fourth-order valence-corrected chi connectivity index (χ4v) is 3.20. The fourth-order valence-electron chi connectivity index (χ4n) is 3.20. The molecule has 1 amide bonds. The van der Waals surface area contributed by atoms with Crippen LogP contribution in [-0.4, -0.2) is 61.6 Å². The first-order valence-electron chi connectivity index (χ1n) is 9.80. The number of fused-ring (bicyclic) bond motifs is 1. The minimum absolute atomic E-state index is 0.00519. The van der Waals surface area contributed by atoms with Crippen LogP contribution in [0.25, 0.3) is 11.0 Å². The lowest BCUT2D eigenvalue weighted by Gasteiger charge is -2.14. The van der Waals surface area contributed by atoms with Crippen molar-refractivity contribution in [1.82, 2.24) is 24.8 Å². The number of hydrogen-bond donors (Lipinski definition) is 2. The molecule has 2 aromatic heterocycles. The Bertz CT molecular complexity index is 1240. The summed E-state index contributed by atoms with van der Waals surface area (Å²) in [6.07, 6.45) is 1.76. The number of aliphatic hydroxyl groups excluding tert-OH is 1. The Morgan fingerprint density at radius 1 is 1.24 bits per heavy atom. The van der Waals surface area contributed by atoms with Gasteiger partial charge >= 0.3 is 5.97 Å². The van der Waals surface area contributed by atoms with Crippen LogP contribution in [0.5, 0.6) is 5.75 Å². The molecular formula is C20H20N6O7. The van der Waals surface area contributed by atoms with Gasteiger partial charge in [-0.3, -0.25) is 14.4 Å². The van der Waals surface area contributed by atoms with E-state index in [1.807, 2.05) is 0 Å². The number of amides is 1. The van der Waals surface area contributed by atoms with Crippen molar-refractivity contribution < 1.29 is 28.9 Å². The van der Waals surface area contributed by atoms with Gasteiger partial charge in [0.1, 0.15) is 19.1 Å². The third kappa shape index (κ3) is 4.54. The van der Waals surface area contributed by atoms with E-state index in [1.54, 1.807) is 37.1 Å². The van der Waals surface area contributed by atoms with Gasteiger partial charge in [-0.25, -0.2) is 4.68 Å². The molecule has 2 unspecified atom stereocenters. The Labute approximate surface area is 186 Å². The van der Waals surface area contributed by atoms with Gasteiger partial charge in [0, 0.05) is 25.3 Å². The summed E-state index contributed by atoms with van der Waals surface area (Å²) in [5.74, 6) is -0.396. The first-order valence-corrected chi connectivity index (χ1v) is 9.80. The number of methoxy groups -OCH3 is 1. The van der Waals surface area contributed by atoms with Crippen LogP contribution >= 0.6 is 0 Å². The highest BCUT2D eigenvalue weighted by Crippen LogP contribution is 2.26. The molecule has 0 saturated carbocycles. The average molecular weight is 456 g/mol. The number of ether oxygens (including phenoxy) is 3. The molecule has 4 rings (SSSR count). The van der Waals surface area contributed by atoms with Crippen molar-refractivity contribution in [2.75, 3.05) is 19.0 Å². The summed E-state index contributed by atoms with van der Waals surface area (Å²) in [4.78, 5) is 36.6. The maximum Gasteiger partial charge on any atom is 0.302 e. The van der Waals surface area contributed by atoms with Crippen molar-refractivity contribution in [3.8, 4) is 5.75 Å². The molecule has 13 heteroatoms. The smallest absolute Gasteiger partial charge is 0.302 e. The molecule has 2 radical (unpaired) electrons.